The topological polar surface area (TPSA) is 37.3 Å². The van der Waals surface area contributed by atoms with Gasteiger partial charge in [-0.15, -0.1) is 0 Å². The second kappa shape index (κ2) is 6.95. The average Bonchev–Trinajstić information content (AvgIpc) is 1.66. The largest absolute Gasteiger partial charge is 0.478 e. The van der Waals surface area contributed by atoms with E-state index >= 15 is 0 Å². The maximum absolute atomic E-state index is 9.75. The average molecular weight is 125 g/mol. The molecule has 0 aliphatic carbocycles. The first-order valence-corrected chi connectivity index (χ1v) is 2.29. The molecule has 0 rings (SSSR count). The third-order valence-electron chi connectivity index (χ3n) is 0.542. The van der Waals surface area contributed by atoms with Gasteiger partial charge in [0, 0.05) is 6.08 Å². The van der Waals surface area contributed by atoms with Crippen LogP contribution in [0.5, 0.6) is 0 Å². The van der Waals surface area contributed by atoms with Crippen molar-refractivity contribution in [2.75, 3.05) is 0 Å². The second-order valence-electron chi connectivity index (χ2n) is 1.22. The highest BCUT2D eigenvalue weighted by molar-refractivity contribution is 5.80. The van der Waals surface area contributed by atoms with Gasteiger partial charge in [0.05, 0.1) is 0 Å². The van der Waals surface area contributed by atoms with Gasteiger partial charge in [-0.2, -0.15) is 0 Å². The zero-order valence-corrected chi connectivity index (χ0v) is 5.24. The molecule has 0 aromatic carbocycles. The van der Waals surface area contributed by atoms with Crippen LogP contribution in [0, 0.1) is 7.43 Å². The lowest BCUT2D eigenvalue weighted by Crippen LogP contribution is -1.83. The first kappa shape index (κ1) is 10.8. The van der Waals surface area contributed by atoms with Gasteiger partial charge >= 0.3 is 5.97 Å². The zero-order chi connectivity index (χ0) is 6.41. The molecular weight excluding hydrogens is 116 g/mol. The lowest BCUT2D eigenvalue weighted by atomic mass is 10.4. The van der Waals surface area contributed by atoms with Crippen molar-refractivity contribution in [3.05, 3.63) is 31.7 Å². The van der Waals surface area contributed by atoms with E-state index in [0.29, 0.717) is 0 Å². The van der Waals surface area contributed by atoms with Gasteiger partial charge in [-0.3, -0.25) is 0 Å². The molecule has 9 heavy (non-hydrogen) atoms. The van der Waals surface area contributed by atoms with E-state index in [1.165, 1.54) is 6.08 Å². The SMILES string of the molecule is CC=CC=CC(=O)O.[CH]. The predicted molar refractivity (Wildman–Crippen MR) is 35.9 cm³/mol. The standard InChI is InChI=1S/C6H8O2.CH/c1-2-3-4-5-6(7)8;/h2-5H,1H3,(H,7,8);1H. The molecule has 0 aromatic heterocycles. The highest BCUT2D eigenvalue weighted by atomic mass is 16.4. The Morgan fingerprint density at radius 1 is 1.44 bits per heavy atom. The molecule has 1 N–H and O–H groups in total. The molecule has 2 heteroatoms. The van der Waals surface area contributed by atoms with Crippen LogP contribution in [-0.2, 0) is 4.79 Å². The smallest absolute Gasteiger partial charge is 0.328 e. The summed E-state index contributed by atoms with van der Waals surface area (Å²) in [7, 11) is 0. The summed E-state index contributed by atoms with van der Waals surface area (Å²) < 4.78 is 0. The molecule has 0 heterocycles. The molecule has 0 unspecified atom stereocenters. The number of aliphatic carboxylic acids is 1. The fraction of sp³-hybridized carbons (Fsp3) is 0.143. The van der Waals surface area contributed by atoms with Crippen molar-refractivity contribution < 1.29 is 9.90 Å². The number of carboxylic acid groups (broad SMARTS) is 1. The molecule has 0 aliphatic rings. The van der Waals surface area contributed by atoms with Gasteiger partial charge < -0.3 is 5.11 Å². The van der Waals surface area contributed by atoms with Gasteiger partial charge in [-0.05, 0) is 14.4 Å². The van der Waals surface area contributed by atoms with Crippen molar-refractivity contribution in [3.63, 3.8) is 0 Å². The van der Waals surface area contributed by atoms with E-state index in [2.05, 4.69) is 0 Å². The van der Waals surface area contributed by atoms with E-state index in [0.717, 1.165) is 6.08 Å². The van der Waals surface area contributed by atoms with Gasteiger partial charge in [0.2, 0.25) is 0 Å². The number of rotatable bonds is 2. The molecule has 2 nitrogen and oxygen atoms in total. The molecule has 0 aromatic rings. The van der Waals surface area contributed by atoms with E-state index in [9.17, 15) is 4.79 Å². The summed E-state index contributed by atoms with van der Waals surface area (Å²) in [6, 6.07) is 0. The van der Waals surface area contributed by atoms with Crippen molar-refractivity contribution in [2.45, 2.75) is 6.92 Å². The highest BCUT2D eigenvalue weighted by Gasteiger charge is 1.78. The lowest BCUT2D eigenvalue weighted by molar-refractivity contribution is -0.131. The van der Waals surface area contributed by atoms with Crippen LogP contribution >= 0.6 is 0 Å². The minimum absolute atomic E-state index is 0. The van der Waals surface area contributed by atoms with E-state index in [-0.39, 0.29) is 7.43 Å². The fourth-order valence-corrected chi connectivity index (χ4v) is 0.249. The third-order valence-corrected chi connectivity index (χ3v) is 0.542. The Labute approximate surface area is 55.5 Å². The monoisotopic (exact) mass is 125 g/mol. The summed E-state index contributed by atoms with van der Waals surface area (Å²) >= 11 is 0. The van der Waals surface area contributed by atoms with Crippen LogP contribution in [0.4, 0.5) is 0 Å². The first-order chi connectivity index (χ1) is 3.77. The Bertz CT molecular complexity index is 123. The Hall–Kier alpha value is -1.05. The molecule has 49 valence electrons. The van der Waals surface area contributed by atoms with Crippen LogP contribution in [0.1, 0.15) is 6.92 Å². The summed E-state index contributed by atoms with van der Waals surface area (Å²) in [5.41, 5.74) is 0. The van der Waals surface area contributed by atoms with Crippen LogP contribution in [0.2, 0.25) is 0 Å². The molecular formula is C7H9O2. The Balaban J connectivity index is 0. The van der Waals surface area contributed by atoms with Crippen LogP contribution < -0.4 is 0 Å². The summed E-state index contributed by atoms with van der Waals surface area (Å²) in [4.78, 5) is 9.75. The number of allylic oxidation sites excluding steroid dienone is 3. The molecule has 0 aliphatic heterocycles. The van der Waals surface area contributed by atoms with Crippen LogP contribution in [0.25, 0.3) is 0 Å². The lowest BCUT2D eigenvalue weighted by Gasteiger charge is -1.72. The molecule has 0 fully saturated rings. The number of hydrogen-bond acceptors (Lipinski definition) is 1. The molecule has 0 saturated carbocycles. The second-order valence-corrected chi connectivity index (χ2v) is 1.22. The molecule has 3 radical (unpaired) electrons. The van der Waals surface area contributed by atoms with Crippen molar-refractivity contribution in [1.82, 2.24) is 0 Å². The van der Waals surface area contributed by atoms with Gasteiger partial charge in [-0.1, -0.05) is 18.2 Å². The van der Waals surface area contributed by atoms with E-state index in [4.69, 9.17) is 5.11 Å². The van der Waals surface area contributed by atoms with Gasteiger partial charge in [0.15, 0.2) is 0 Å². The van der Waals surface area contributed by atoms with Crippen molar-refractivity contribution in [3.8, 4) is 0 Å². The normalized spacial score (nSPS) is 9.89. The van der Waals surface area contributed by atoms with Crippen LogP contribution in [0.3, 0.4) is 0 Å². The van der Waals surface area contributed by atoms with Gasteiger partial charge in [0.1, 0.15) is 0 Å². The maximum Gasteiger partial charge on any atom is 0.328 e. The molecule has 0 amide bonds. The van der Waals surface area contributed by atoms with Crippen molar-refractivity contribution in [1.29, 1.82) is 0 Å². The molecule has 0 saturated heterocycles. The Kier molecular flexibility index (Phi) is 8.38. The minimum atomic E-state index is -0.914. The number of hydrogen-bond donors (Lipinski definition) is 1. The van der Waals surface area contributed by atoms with Gasteiger partial charge in [-0.25, -0.2) is 4.79 Å². The quantitative estimate of drug-likeness (QED) is 0.447. The molecule has 0 spiro atoms. The Morgan fingerprint density at radius 3 is 2.33 bits per heavy atom. The molecule has 0 bridgehead atoms. The zero-order valence-electron chi connectivity index (χ0n) is 5.24. The first-order valence-electron chi connectivity index (χ1n) is 2.29. The van der Waals surface area contributed by atoms with Gasteiger partial charge in [0.25, 0.3) is 0 Å². The van der Waals surface area contributed by atoms with E-state index < -0.39 is 5.97 Å². The van der Waals surface area contributed by atoms with E-state index in [1.807, 2.05) is 6.92 Å². The van der Waals surface area contributed by atoms with Crippen molar-refractivity contribution >= 4 is 5.97 Å². The number of carboxylic acids is 1. The summed E-state index contributed by atoms with van der Waals surface area (Å²) in [6.45, 7) is 1.83. The van der Waals surface area contributed by atoms with Crippen LogP contribution in [-0.4, -0.2) is 11.1 Å². The maximum atomic E-state index is 9.75. The number of carbonyl (C=O) groups is 1. The predicted octanol–water partition coefficient (Wildman–Crippen LogP) is 1.41. The van der Waals surface area contributed by atoms with Crippen LogP contribution in [0.15, 0.2) is 24.3 Å². The molecule has 0 atom stereocenters. The highest BCUT2D eigenvalue weighted by Crippen LogP contribution is 1.74. The fourth-order valence-electron chi connectivity index (χ4n) is 0.249. The Morgan fingerprint density at radius 2 is 2.00 bits per heavy atom. The summed E-state index contributed by atoms with van der Waals surface area (Å²) in [5, 5.41) is 8.02. The summed E-state index contributed by atoms with van der Waals surface area (Å²) in [5.74, 6) is -0.914. The minimum Gasteiger partial charge on any atom is -0.478 e. The third kappa shape index (κ3) is 10.9. The summed E-state index contributed by atoms with van der Waals surface area (Å²) in [6.07, 6.45) is 5.98. The van der Waals surface area contributed by atoms with E-state index in [1.54, 1.807) is 12.2 Å². The van der Waals surface area contributed by atoms with Crippen molar-refractivity contribution in [2.24, 2.45) is 0 Å².